The van der Waals surface area contributed by atoms with Crippen molar-refractivity contribution < 1.29 is 9.59 Å². The van der Waals surface area contributed by atoms with Gasteiger partial charge in [-0.3, -0.25) is 9.59 Å². The van der Waals surface area contributed by atoms with E-state index in [0.717, 1.165) is 5.56 Å². The Balaban J connectivity index is 1.47. The number of hydrogen-bond acceptors (Lipinski definition) is 5. The summed E-state index contributed by atoms with van der Waals surface area (Å²) in [5.74, 6) is -0.277. The lowest BCUT2D eigenvalue weighted by molar-refractivity contribution is -0.117. The average Bonchev–Trinajstić information content (AvgIpc) is 3.24. The van der Waals surface area contributed by atoms with Gasteiger partial charge in [0, 0.05) is 21.8 Å². The second-order valence-corrected chi connectivity index (χ2v) is 7.50. The molecule has 2 N–H and O–H groups in total. The number of para-hydroxylation sites is 1. The summed E-state index contributed by atoms with van der Waals surface area (Å²) >= 11 is 5.89. The van der Waals surface area contributed by atoms with Crippen LogP contribution in [-0.4, -0.2) is 32.0 Å². The van der Waals surface area contributed by atoms with Crippen molar-refractivity contribution in [1.82, 2.24) is 20.2 Å². The number of aryl methyl sites for hydroxylation is 1. The molecule has 32 heavy (non-hydrogen) atoms. The monoisotopic (exact) mass is 446 g/mol. The minimum atomic E-state index is -0.293. The molecule has 160 valence electrons. The normalized spacial score (nSPS) is 10.6. The van der Waals surface area contributed by atoms with Crippen molar-refractivity contribution in [1.29, 1.82) is 0 Å². The Morgan fingerprint density at radius 3 is 2.41 bits per heavy atom. The van der Waals surface area contributed by atoms with Gasteiger partial charge in [-0.2, -0.15) is 4.80 Å². The van der Waals surface area contributed by atoms with E-state index in [9.17, 15) is 9.59 Å². The molecule has 0 fully saturated rings. The van der Waals surface area contributed by atoms with Crippen molar-refractivity contribution >= 4 is 34.8 Å². The number of aromatic nitrogens is 4. The third-order valence-corrected chi connectivity index (χ3v) is 4.85. The van der Waals surface area contributed by atoms with Crippen LogP contribution >= 0.6 is 11.6 Å². The van der Waals surface area contributed by atoms with Gasteiger partial charge >= 0.3 is 0 Å². The van der Waals surface area contributed by atoms with Gasteiger partial charge in [0.05, 0.1) is 5.69 Å². The molecular formula is C23H19ClN6O2. The van der Waals surface area contributed by atoms with Gasteiger partial charge in [0.25, 0.3) is 5.91 Å². The zero-order valence-corrected chi connectivity index (χ0v) is 17.9. The molecule has 9 heteroatoms. The SMILES string of the molecule is Cc1ccc(NC(=O)Cn2nnc(-c3ccccc3NC(=O)c3ccc(Cl)cc3)n2)cc1. The van der Waals surface area contributed by atoms with E-state index >= 15 is 0 Å². The van der Waals surface area contributed by atoms with Crippen molar-refractivity contribution in [3.8, 4) is 11.4 Å². The van der Waals surface area contributed by atoms with Gasteiger partial charge in [-0.1, -0.05) is 41.4 Å². The lowest BCUT2D eigenvalue weighted by atomic mass is 10.1. The summed E-state index contributed by atoms with van der Waals surface area (Å²) < 4.78 is 0. The molecular weight excluding hydrogens is 428 g/mol. The number of halogens is 1. The molecule has 0 aliphatic carbocycles. The molecule has 0 bridgehead atoms. The maximum atomic E-state index is 12.6. The number of hydrogen-bond donors (Lipinski definition) is 2. The first-order valence-corrected chi connectivity index (χ1v) is 10.2. The Morgan fingerprint density at radius 1 is 0.938 bits per heavy atom. The first-order chi connectivity index (χ1) is 15.5. The Bertz CT molecular complexity index is 1250. The molecule has 0 aliphatic rings. The van der Waals surface area contributed by atoms with Crippen LogP contribution in [0.1, 0.15) is 15.9 Å². The molecule has 0 radical (unpaired) electrons. The maximum absolute atomic E-state index is 12.6. The number of nitrogens with one attached hydrogen (secondary N) is 2. The summed E-state index contributed by atoms with van der Waals surface area (Å²) in [5, 5.41) is 18.5. The molecule has 4 aromatic rings. The zero-order valence-electron chi connectivity index (χ0n) is 17.1. The van der Waals surface area contributed by atoms with Crippen LogP contribution in [0.15, 0.2) is 72.8 Å². The van der Waals surface area contributed by atoms with Crippen LogP contribution in [-0.2, 0) is 11.3 Å². The largest absolute Gasteiger partial charge is 0.324 e. The van der Waals surface area contributed by atoms with Crippen molar-refractivity contribution in [3.63, 3.8) is 0 Å². The molecule has 0 unspecified atom stereocenters. The molecule has 0 saturated carbocycles. The highest BCUT2D eigenvalue weighted by Gasteiger charge is 2.15. The number of carbonyl (C=O) groups is 2. The van der Waals surface area contributed by atoms with Gasteiger partial charge in [0.1, 0.15) is 6.54 Å². The van der Waals surface area contributed by atoms with E-state index in [4.69, 9.17) is 11.6 Å². The summed E-state index contributed by atoms with van der Waals surface area (Å²) in [4.78, 5) is 26.1. The van der Waals surface area contributed by atoms with E-state index in [1.54, 1.807) is 48.5 Å². The quantitative estimate of drug-likeness (QED) is 0.462. The third kappa shape index (κ3) is 5.16. The van der Waals surface area contributed by atoms with E-state index < -0.39 is 0 Å². The van der Waals surface area contributed by atoms with E-state index in [-0.39, 0.29) is 18.4 Å². The highest BCUT2D eigenvalue weighted by atomic mass is 35.5. The van der Waals surface area contributed by atoms with Crippen molar-refractivity contribution in [2.24, 2.45) is 0 Å². The Labute approximate surface area is 189 Å². The van der Waals surface area contributed by atoms with Crippen LogP contribution in [0.4, 0.5) is 11.4 Å². The number of rotatable bonds is 6. The summed E-state index contributed by atoms with van der Waals surface area (Å²) in [6, 6.07) is 21.2. The standard InChI is InChI=1S/C23H19ClN6O2/c1-15-6-12-18(13-7-15)25-21(31)14-30-28-22(27-29-30)19-4-2-3-5-20(19)26-23(32)16-8-10-17(24)11-9-16/h2-13H,14H2,1H3,(H,25,31)(H,26,32). The fourth-order valence-electron chi connectivity index (χ4n) is 2.97. The second kappa shape index (κ2) is 9.40. The molecule has 4 rings (SSSR count). The first-order valence-electron chi connectivity index (χ1n) is 9.78. The molecule has 0 atom stereocenters. The Hall–Kier alpha value is -4.04. The van der Waals surface area contributed by atoms with Crippen molar-refractivity contribution in [2.75, 3.05) is 10.6 Å². The molecule has 2 amide bonds. The number of amides is 2. The van der Waals surface area contributed by atoms with Crippen molar-refractivity contribution in [3.05, 3.63) is 88.9 Å². The van der Waals surface area contributed by atoms with Crippen LogP contribution in [0.25, 0.3) is 11.4 Å². The number of anilines is 2. The van der Waals surface area contributed by atoms with Crippen LogP contribution < -0.4 is 10.6 Å². The summed E-state index contributed by atoms with van der Waals surface area (Å²) in [6.45, 7) is 1.88. The predicted octanol–water partition coefficient (Wildman–Crippen LogP) is 4.19. The van der Waals surface area contributed by atoms with Gasteiger partial charge in [0.2, 0.25) is 11.7 Å². The molecule has 3 aromatic carbocycles. The van der Waals surface area contributed by atoms with Gasteiger partial charge in [0.15, 0.2) is 0 Å². The zero-order chi connectivity index (χ0) is 22.5. The summed E-state index contributed by atoms with van der Waals surface area (Å²) in [5.41, 5.74) is 3.37. The lowest BCUT2D eigenvalue weighted by Gasteiger charge is -2.09. The van der Waals surface area contributed by atoms with Crippen LogP contribution in [0.5, 0.6) is 0 Å². The van der Waals surface area contributed by atoms with Gasteiger partial charge in [-0.15, -0.1) is 10.2 Å². The molecule has 0 aliphatic heterocycles. The van der Waals surface area contributed by atoms with E-state index in [1.807, 2.05) is 31.2 Å². The Morgan fingerprint density at radius 2 is 1.66 bits per heavy atom. The molecule has 1 aromatic heterocycles. The topological polar surface area (TPSA) is 102 Å². The van der Waals surface area contributed by atoms with Crippen molar-refractivity contribution in [2.45, 2.75) is 13.5 Å². The first kappa shape index (κ1) is 21.2. The number of nitrogens with zero attached hydrogens (tertiary/aromatic N) is 4. The summed E-state index contributed by atoms with van der Waals surface area (Å²) in [6.07, 6.45) is 0. The van der Waals surface area contributed by atoms with E-state index in [1.165, 1.54) is 4.80 Å². The van der Waals surface area contributed by atoms with Crippen LogP contribution in [0, 0.1) is 6.92 Å². The maximum Gasteiger partial charge on any atom is 0.255 e. The van der Waals surface area contributed by atoms with Crippen LogP contribution in [0.3, 0.4) is 0 Å². The second-order valence-electron chi connectivity index (χ2n) is 7.06. The smallest absolute Gasteiger partial charge is 0.255 e. The minimum Gasteiger partial charge on any atom is -0.324 e. The molecule has 0 spiro atoms. The minimum absolute atomic E-state index is 0.0970. The predicted molar refractivity (Wildman–Crippen MR) is 122 cm³/mol. The van der Waals surface area contributed by atoms with Crippen LogP contribution in [0.2, 0.25) is 5.02 Å². The highest BCUT2D eigenvalue weighted by Crippen LogP contribution is 2.25. The number of tetrazole rings is 1. The highest BCUT2D eigenvalue weighted by molar-refractivity contribution is 6.30. The fraction of sp³-hybridized carbons (Fsp3) is 0.0870. The van der Waals surface area contributed by atoms with E-state index in [0.29, 0.717) is 33.3 Å². The molecule has 8 nitrogen and oxygen atoms in total. The third-order valence-electron chi connectivity index (χ3n) is 4.60. The van der Waals surface area contributed by atoms with E-state index in [2.05, 4.69) is 26.0 Å². The molecule has 1 heterocycles. The summed E-state index contributed by atoms with van der Waals surface area (Å²) in [7, 11) is 0. The molecule has 0 saturated heterocycles. The average molecular weight is 447 g/mol. The van der Waals surface area contributed by atoms with Gasteiger partial charge < -0.3 is 10.6 Å². The van der Waals surface area contributed by atoms with Gasteiger partial charge in [-0.05, 0) is 60.7 Å². The van der Waals surface area contributed by atoms with Gasteiger partial charge in [-0.25, -0.2) is 0 Å². The number of benzene rings is 3. The fourth-order valence-corrected chi connectivity index (χ4v) is 3.09. The number of carbonyl (C=O) groups excluding carboxylic acids is 2. The Kier molecular flexibility index (Phi) is 6.23. The lowest BCUT2D eigenvalue weighted by Crippen LogP contribution is -2.20.